The van der Waals surface area contributed by atoms with Gasteiger partial charge in [0.05, 0.1) is 0 Å². The van der Waals surface area contributed by atoms with Crippen molar-refractivity contribution in [1.29, 1.82) is 0 Å². The molecule has 0 aliphatic carbocycles. The number of piperidine rings is 1. The lowest BCUT2D eigenvalue weighted by atomic mass is 9.98. The second-order valence-electron chi connectivity index (χ2n) is 6.18. The minimum atomic E-state index is -3.48. The number of carbonyl (C=O) groups is 1. The number of thiazole rings is 1. The van der Waals surface area contributed by atoms with Gasteiger partial charge in [0.1, 0.15) is 0 Å². The number of nitrogens with zero attached hydrogens (tertiary/aromatic N) is 3. The van der Waals surface area contributed by atoms with Gasteiger partial charge in [0.15, 0.2) is 4.80 Å². The fourth-order valence-corrected chi connectivity index (χ4v) is 4.75. The second-order valence-corrected chi connectivity index (χ2v) is 8.87. The first-order valence-corrected chi connectivity index (χ1v) is 10.8. The lowest BCUT2D eigenvalue weighted by Crippen LogP contribution is -2.39. The summed E-state index contributed by atoms with van der Waals surface area (Å²) in [6.45, 7) is 0.675. The number of rotatable bonds is 4. The quantitative estimate of drug-likeness (QED) is 0.802. The molecule has 1 fully saturated rings. The van der Waals surface area contributed by atoms with Gasteiger partial charge in [0, 0.05) is 43.0 Å². The van der Waals surface area contributed by atoms with Crippen LogP contribution >= 0.6 is 11.3 Å². The van der Waals surface area contributed by atoms with Crippen molar-refractivity contribution in [3.8, 4) is 0 Å². The topological polar surface area (TPSA) is 71.7 Å². The summed E-state index contributed by atoms with van der Waals surface area (Å²) in [6, 6.07) is 9.31. The van der Waals surface area contributed by atoms with Crippen LogP contribution in [0.15, 0.2) is 52.3 Å². The molecular weight excluding hydrogens is 370 g/mol. The molecule has 0 radical (unpaired) electrons. The summed E-state index contributed by atoms with van der Waals surface area (Å²) in [5, 5.41) is 3.11. The monoisotopic (exact) mass is 391 g/mol. The number of sulfonamides is 1. The Balaban J connectivity index is 1.62. The lowest BCUT2D eigenvalue weighted by Gasteiger charge is -2.28. The summed E-state index contributed by atoms with van der Waals surface area (Å²) in [5.74, 6) is -0.387. The van der Waals surface area contributed by atoms with E-state index in [4.69, 9.17) is 0 Å². The molecule has 0 saturated carbocycles. The van der Waals surface area contributed by atoms with E-state index < -0.39 is 10.0 Å². The van der Waals surface area contributed by atoms with Crippen LogP contribution < -0.4 is 4.80 Å². The summed E-state index contributed by atoms with van der Waals surface area (Å²) in [7, 11) is -1.63. The van der Waals surface area contributed by atoms with Gasteiger partial charge in [-0.3, -0.25) is 4.79 Å². The van der Waals surface area contributed by atoms with Crippen LogP contribution in [0.5, 0.6) is 0 Å². The van der Waals surface area contributed by atoms with Gasteiger partial charge in [-0.15, -0.1) is 11.3 Å². The SMILES string of the molecule is Cn1ccsc1=NC(=O)C1CCN(S(=O)(=O)/C=C/c2ccccc2)CC1. The van der Waals surface area contributed by atoms with Crippen molar-refractivity contribution in [1.82, 2.24) is 8.87 Å². The molecule has 1 aromatic heterocycles. The Hall–Kier alpha value is -2.03. The third-order valence-corrected chi connectivity index (χ3v) is 6.77. The molecule has 1 saturated heterocycles. The molecule has 1 aromatic carbocycles. The second kappa shape index (κ2) is 8.11. The molecule has 2 aromatic rings. The highest BCUT2D eigenvalue weighted by atomic mass is 32.2. The van der Waals surface area contributed by atoms with E-state index in [1.807, 2.05) is 49.0 Å². The summed E-state index contributed by atoms with van der Waals surface area (Å²) >= 11 is 1.41. The Bertz CT molecular complexity index is 951. The van der Waals surface area contributed by atoms with Crippen LogP contribution in [-0.2, 0) is 21.9 Å². The van der Waals surface area contributed by atoms with Crippen LogP contribution in [0, 0.1) is 5.92 Å². The molecule has 0 spiro atoms. The Kier molecular flexibility index (Phi) is 5.85. The first-order chi connectivity index (χ1) is 12.5. The first-order valence-electron chi connectivity index (χ1n) is 8.38. The van der Waals surface area contributed by atoms with E-state index in [9.17, 15) is 13.2 Å². The molecule has 0 N–H and O–H groups in total. The molecule has 0 atom stereocenters. The highest BCUT2D eigenvalue weighted by Crippen LogP contribution is 2.21. The van der Waals surface area contributed by atoms with Crippen LogP contribution in [0.2, 0.25) is 0 Å². The lowest BCUT2D eigenvalue weighted by molar-refractivity contribution is -0.122. The third-order valence-electron chi connectivity index (χ3n) is 4.36. The van der Waals surface area contributed by atoms with Crippen molar-refractivity contribution in [2.24, 2.45) is 18.0 Å². The van der Waals surface area contributed by atoms with Crippen molar-refractivity contribution >= 4 is 33.3 Å². The predicted octanol–water partition coefficient (Wildman–Crippen LogP) is 2.23. The highest BCUT2D eigenvalue weighted by molar-refractivity contribution is 7.92. The Morgan fingerprint density at radius 2 is 1.92 bits per heavy atom. The minimum Gasteiger partial charge on any atom is -0.327 e. The molecule has 2 heterocycles. The summed E-state index contributed by atoms with van der Waals surface area (Å²) in [5.41, 5.74) is 0.837. The molecule has 1 aliphatic rings. The molecule has 26 heavy (non-hydrogen) atoms. The average molecular weight is 392 g/mol. The Labute approximate surface area is 157 Å². The van der Waals surface area contributed by atoms with E-state index in [0.717, 1.165) is 5.56 Å². The fraction of sp³-hybridized carbons (Fsp3) is 0.333. The van der Waals surface area contributed by atoms with Gasteiger partial charge in [0.25, 0.3) is 5.91 Å². The van der Waals surface area contributed by atoms with Crippen LogP contribution in [0.1, 0.15) is 18.4 Å². The smallest absolute Gasteiger partial charge is 0.251 e. The van der Waals surface area contributed by atoms with Crippen molar-refractivity contribution in [3.05, 3.63) is 57.7 Å². The molecule has 6 nitrogen and oxygen atoms in total. The van der Waals surface area contributed by atoms with Crippen molar-refractivity contribution < 1.29 is 13.2 Å². The number of aromatic nitrogens is 1. The van der Waals surface area contributed by atoms with Crippen LogP contribution in [-0.4, -0.2) is 36.3 Å². The van der Waals surface area contributed by atoms with Gasteiger partial charge in [-0.25, -0.2) is 8.42 Å². The summed E-state index contributed by atoms with van der Waals surface area (Å²) in [4.78, 5) is 17.2. The Morgan fingerprint density at radius 1 is 1.23 bits per heavy atom. The zero-order valence-electron chi connectivity index (χ0n) is 14.5. The summed E-state index contributed by atoms with van der Waals surface area (Å²) < 4.78 is 28.2. The normalized spacial score (nSPS) is 17.8. The molecular formula is C18H21N3O3S2. The van der Waals surface area contributed by atoms with Crippen molar-refractivity contribution in [2.75, 3.05) is 13.1 Å². The zero-order chi connectivity index (χ0) is 18.6. The van der Waals surface area contributed by atoms with Gasteiger partial charge in [-0.1, -0.05) is 30.3 Å². The van der Waals surface area contributed by atoms with Crippen molar-refractivity contribution in [3.63, 3.8) is 0 Å². The number of carbonyl (C=O) groups excluding carboxylic acids is 1. The van der Waals surface area contributed by atoms with E-state index in [1.54, 1.807) is 10.6 Å². The zero-order valence-corrected chi connectivity index (χ0v) is 16.1. The number of benzene rings is 1. The third kappa shape index (κ3) is 4.57. The number of aryl methyl sites for hydroxylation is 1. The minimum absolute atomic E-state index is 0.167. The molecule has 3 rings (SSSR count). The van der Waals surface area contributed by atoms with E-state index >= 15 is 0 Å². The summed E-state index contributed by atoms with van der Waals surface area (Å²) in [6.07, 6.45) is 4.44. The molecule has 8 heteroatoms. The molecule has 138 valence electrons. The van der Waals surface area contributed by atoms with Gasteiger partial charge in [-0.2, -0.15) is 9.30 Å². The van der Waals surface area contributed by atoms with Gasteiger partial charge < -0.3 is 4.57 Å². The van der Waals surface area contributed by atoms with Gasteiger partial charge in [-0.05, 0) is 24.5 Å². The van der Waals surface area contributed by atoms with E-state index in [2.05, 4.69) is 4.99 Å². The van der Waals surface area contributed by atoms with Gasteiger partial charge in [0.2, 0.25) is 10.0 Å². The maximum atomic E-state index is 12.5. The average Bonchev–Trinajstić information content (AvgIpc) is 3.06. The van der Waals surface area contributed by atoms with E-state index in [-0.39, 0.29) is 11.8 Å². The van der Waals surface area contributed by atoms with Gasteiger partial charge >= 0.3 is 0 Å². The molecule has 1 amide bonds. The molecule has 0 bridgehead atoms. The van der Waals surface area contributed by atoms with Crippen LogP contribution in [0.3, 0.4) is 0 Å². The number of amides is 1. The largest absolute Gasteiger partial charge is 0.327 e. The number of hydrogen-bond donors (Lipinski definition) is 0. The number of hydrogen-bond acceptors (Lipinski definition) is 4. The van der Waals surface area contributed by atoms with Crippen LogP contribution in [0.4, 0.5) is 0 Å². The maximum absolute atomic E-state index is 12.5. The Morgan fingerprint density at radius 3 is 2.54 bits per heavy atom. The maximum Gasteiger partial charge on any atom is 0.251 e. The molecule has 0 unspecified atom stereocenters. The first kappa shape index (κ1) is 18.8. The standard InChI is InChI=1S/C18H21N3O3S2/c1-20-12-13-25-18(20)19-17(22)16-7-10-21(11-8-16)26(23,24)14-9-15-5-3-2-4-6-15/h2-6,9,12-14,16H,7-8,10-11H2,1H3/b14-9+,19-18?. The van der Waals surface area contributed by atoms with Crippen molar-refractivity contribution in [2.45, 2.75) is 12.8 Å². The fourth-order valence-electron chi connectivity index (χ4n) is 2.79. The van der Waals surface area contributed by atoms with E-state index in [1.165, 1.54) is 21.1 Å². The highest BCUT2D eigenvalue weighted by Gasteiger charge is 2.29. The predicted molar refractivity (Wildman–Crippen MR) is 103 cm³/mol. The van der Waals surface area contributed by atoms with Crippen LogP contribution in [0.25, 0.3) is 6.08 Å². The van der Waals surface area contributed by atoms with E-state index in [0.29, 0.717) is 30.7 Å². The molecule has 1 aliphatic heterocycles.